The molecule has 1 aromatic heterocycles. The average Bonchev–Trinajstić information content (AvgIpc) is 3.24. The number of aromatic nitrogens is 2. The molecule has 2 amide bonds. The molecule has 36 heavy (non-hydrogen) atoms. The van der Waals surface area contributed by atoms with Gasteiger partial charge in [0.2, 0.25) is 11.5 Å². The van der Waals surface area contributed by atoms with Gasteiger partial charge in [-0.2, -0.15) is 22.5 Å². The summed E-state index contributed by atoms with van der Waals surface area (Å²) >= 11 is 7.97. The fourth-order valence-electron chi connectivity index (χ4n) is 2.67. The van der Waals surface area contributed by atoms with Crippen LogP contribution in [-0.4, -0.2) is 89.8 Å². The Morgan fingerprint density at radius 3 is 2.50 bits per heavy atom. The summed E-state index contributed by atoms with van der Waals surface area (Å²) in [6.45, 7) is 3.52. The molecule has 0 spiro atoms. The Morgan fingerprint density at radius 1 is 1.39 bits per heavy atom. The number of nitrogens with zero attached hydrogens (tertiary/aromatic N) is 4. The lowest BCUT2D eigenvalue weighted by Gasteiger charge is -2.49. The molecule has 2 atom stereocenters. The zero-order valence-corrected chi connectivity index (χ0v) is 20.1. The van der Waals surface area contributed by atoms with Gasteiger partial charge >= 0.3 is 18.1 Å². The summed E-state index contributed by atoms with van der Waals surface area (Å²) in [6.07, 6.45) is -3.65. The summed E-state index contributed by atoms with van der Waals surface area (Å²) in [5.74, 6) is -5.04. The predicted octanol–water partition coefficient (Wildman–Crippen LogP) is 0.638. The van der Waals surface area contributed by atoms with Crippen molar-refractivity contribution >= 4 is 69.5 Å². The van der Waals surface area contributed by atoms with Gasteiger partial charge in [-0.25, -0.2) is 9.59 Å². The average molecular weight is 573 g/mol. The van der Waals surface area contributed by atoms with E-state index in [4.69, 9.17) is 32.1 Å². The van der Waals surface area contributed by atoms with E-state index in [-0.39, 0.29) is 34.9 Å². The number of nitrogens with one attached hydrogen (secondary N) is 1. The summed E-state index contributed by atoms with van der Waals surface area (Å²) in [5.41, 5.74) is 5.60. The molecule has 1 aromatic rings. The monoisotopic (exact) mass is 572 g/mol. The van der Waals surface area contributed by atoms with E-state index < -0.39 is 41.3 Å². The highest BCUT2D eigenvalue weighted by Crippen LogP contribution is 2.40. The largest absolute Gasteiger partial charge is 0.490 e. The first-order valence-corrected chi connectivity index (χ1v) is 11.7. The number of nitrogen functional groups attached to an aromatic ring is 1. The Balaban J connectivity index is 0.000000572. The van der Waals surface area contributed by atoms with Gasteiger partial charge in [0.25, 0.3) is 11.8 Å². The molecule has 3 rings (SSSR count). The molecule has 2 aliphatic heterocycles. The molecule has 0 radical (unpaired) electrons. The Morgan fingerprint density at radius 2 is 2.03 bits per heavy atom. The third-order valence-electron chi connectivity index (χ3n) is 4.16. The second-order valence-electron chi connectivity index (χ2n) is 6.54. The molecule has 196 valence electrons. The van der Waals surface area contributed by atoms with Gasteiger partial charge in [0.05, 0.1) is 0 Å². The molecule has 19 heteroatoms. The van der Waals surface area contributed by atoms with Crippen LogP contribution in [0.1, 0.15) is 5.82 Å². The minimum atomic E-state index is -5.08. The number of carboxylic acids is 2. The van der Waals surface area contributed by atoms with Crippen molar-refractivity contribution in [1.82, 2.24) is 19.6 Å². The SMILES string of the molecule is C=CCON=C(C(=O)N[C@@H]1C(=O)N2C(C(=O)O)=C(CCl)CS[C@H]12)c1nsc(N)n1.O=C(O)C(F)(F)F. The van der Waals surface area contributed by atoms with Crippen LogP contribution >= 0.6 is 34.9 Å². The van der Waals surface area contributed by atoms with Crippen molar-refractivity contribution in [3.8, 4) is 0 Å². The molecule has 3 heterocycles. The molecule has 0 bridgehead atoms. The first-order valence-electron chi connectivity index (χ1n) is 9.30. The number of amides is 2. The molecule has 1 saturated heterocycles. The standard InChI is InChI=1S/C15H15ClN6O5S2.C2HF3O2/c1-2-3-27-20-7(10-19-15(17)29-21-10)11(23)18-8-12(24)22-9(14(25)26)6(4-16)5-28-13(8)22;3-2(4,5)1(6)7/h2,8,13H,1,3-5H2,(H,18,23)(H,25,26)(H2,17,19,21);(H,6,7)/t8-,13-;/m1./s1. The predicted molar refractivity (Wildman–Crippen MR) is 121 cm³/mol. The number of nitrogens with two attached hydrogens (primary N) is 1. The maximum atomic E-state index is 12.7. The van der Waals surface area contributed by atoms with E-state index in [1.54, 1.807) is 0 Å². The first kappa shape index (κ1) is 28.9. The van der Waals surface area contributed by atoms with Crippen molar-refractivity contribution in [3.63, 3.8) is 0 Å². The number of halogens is 4. The van der Waals surface area contributed by atoms with E-state index in [0.29, 0.717) is 11.3 Å². The van der Waals surface area contributed by atoms with Crippen LogP contribution in [0, 0.1) is 0 Å². The van der Waals surface area contributed by atoms with E-state index in [2.05, 4.69) is 26.4 Å². The highest BCUT2D eigenvalue weighted by atomic mass is 35.5. The van der Waals surface area contributed by atoms with Crippen LogP contribution in [0.3, 0.4) is 0 Å². The van der Waals surface area contributed by atoms with E-state index in [1.807, 2.05) is 0 Å². The van der Waals surface area contributed by atoms with Gasteiger partial charge in [-0.15, -0.1) is 23.4 Å². The van der Waals surface area contributed by atoms with Gasteiger partial charge in [-0.05, 0) is 5.57 Å². The number of anilines is 1. The molecule has 13 nitrogen and oxygen atoms in total. The third kappa shape index (κ3) is 6.64. The number of oxime groups is 1. The lowest BCUT2D eigenvalue weighted by atomic mass is 10.0. The highest BCUT2D eigenvalue weighted by molar-refractivity contribution is 8.00. The number of carboxylic acid groups (broad SMARTS) is 2. The van der Waals surface area contributed by atoms with Crippen LogP contribution in [0.25, 0.3) is 0 Å². The van der Waals surface area contributed by atoms with E-state index in [1.165, 1.54) is 17.8 Å². The smallest absolute Gasteiger partial charge is 0.477 e. The van der Waals surface area contributed by atoms with Gasteiger partial charge < -0.3 is 26.1 Å². The summed E-state index contributed by atoms with van der Waals surface area (Å²) in [6, 6.07) is -0.945. The van der Waals surface area contributed by atoms with Crippen molar-refractivity contribution in [1.29, 1.82) is 0 Å². The lowest BCUT2D eigenvalue weighted by molar-refractivity contribution is -0.192. The second kappa shape index (κ2) is 12.0. The summed E-state index contributed by atoms with van der Waals surface area (Å²) in [4.78, 5) is 55.7. The number of fused-ring (bicyclic) bond motifs is 1. The van der Waals surface area contributed by atoms with E-state index >= 15 is 0 Å². The molecule has 0 unspecified atom stereocenters. The summed E-state index contributed by atoms with van der Waals surface area (Å²) in [5, 5.41) is 22.4. The fourth-order valence-corrected chi connectivity index (χ4v) is 4.78. The number of carbonyl (C=O) groups excluding carboxylic acids is 2. The van der Waals surface area contributed by atoms with Crippen LogP contribution < -0.4 is 11.1 Å². The van der Waals surface area contributed by atoms with E-state index in [0.717, 1.165) is 16.4 Å². The Labute approximate surface area is 213 Å². The molecule has 0 aliphatic carbocycles. The Bertz CT molecular complexity index is 1130. The number of thioether (sulfide) groups is 1. The summed E-state index contributed by atoms with van der Waals surface area (Å²) < 4.78 is 35.7. The van der Waals surface area contributed by atoms with Gasteiger partial charge in [0.15, 0.2) is 5.13 Å². The van der Waals surface area contributed by atoms with Crippen LogP contribution in [0.15, 0.2) is 29.1 Å². The first-order chi connectivity index (χ1) is 16.8. The minimum absolute atomic E-state index is 0.00345. The van der Waals surface area contributed by atoms with Gasteiger partial charge in [0, 0.05) is 23.2 Å². The van der Waals surface area contributed by atoms with Crippen LogP contribution in [0.2, 0.25) is 0 Å². The van der Waals surface area contributed by atoms with E-state index in [9.17, 15) is 32.7 Å². The topological polar surface area (TPSA) is 197 Å². The van der Waals surface area contributed by atoms with Crippen molar-refractivity contribution in [2.45, 2.75) is 17.6 Å². The summed E-state index contributed by atoms with van der Waals surface area (Å²) in [7, 11) is 0. The Kier molecular flexibility index (Phi) is 9.65. The molecular formula is C17H16ClF3N6O7S2. The molecule has 0 aromatic carbocycles. The highest BCUT2D eigenvalue weighted by Gasteiger charge is 2.54. The number of alkyl halides is 4. The van der Waals surface area contributed by atoms with Crippen molar-refractivity contribution in [3.05, 3.63) is 29.7 Å². The lowest BCUT2D eigenvalue weighted by Crippen LogP contribution is -2.71. The number of aliphatic carboxylic acids is 2. The quantitative estimate of drug-likeness (QED) is 0.0851. The zero-order valence-electron chi connectivity index (χ0n) is 17.7. The fraction of sp³-hybridized carbons (Fsp3) is 0.353. The minimum Gasteiger partial charge on any atom is -0.477 e. The van der Waals surface area contributed by atoms with Crippen molar-refractivity contribution in [2.24, 2.45) is 5.16 Å². The van der Waals surface area contributed by atoms with Crippen LogP contribution in [0.4, 0.5) is 18.3 Å². The number of β-lactam (4-membered cyclic amide) rings is 1. The molecule has 5 N–H and O–H groups in total. The third-order valence-corrected chi connectivity index (χ3v) is 6.36. The maximum Gasteiger partial charge on any atom is 0.490 e. The van der Waals surface area contributed by atoms with Crippen LogP contribution in [-0.2, 0) is 24.0 Å². The van der Waals surface area contributed by atoms with Gasteiger partial charge in [-0.1, -0.05) is 17.8 Å². The molecular weight excluding hydrogens is 557 g/mol. The maximum absolute atomic E-state index is 12.7. The van der Waals surface area contributed by atoms with Gasteiger partial charge in [0.1, 0.15) is 23.7 Å². The van der Waals surface area contributed by atoms with Crippen LogP contribution in [0.5, 0.6) is 0 Å². The normalized spacial score (nSPS) is 19.4. The van der Waals surface area contributed by atoms with Gasteiger partial charge in [-0.3, -0.25) is 14.5 Å². The number of hydrogen-bond acceptors (Lipinski definition) is 11. The number of rotatable bonds is 8. The molecule has 0 saturated carbocycles. The number of hydrogen-bond donors (Lipinski definition) is 4. The second-order valence-corrected chi connectivity index (χ2v) is 8.69. The number of carbonyl (C=O) groups is 4. The molecule has 2 aliphatic rings. The molecule has 1 fully saturated rings. The zero-order chi connectivity index (χ0) is 27.2. The Hall–Kier alpha value is -3.38. The van der Waals surface area contributed by atoms with Crippen molar-refractivity contribution in [2.75, 3.05) is 24.0 Å². The van der Waals surface area contributed by atoms with Crippen molar-refractivity contribution < 1.29 is 47.4 Å².